The fourth-order valence-corrected chi connectivity index (χ4v) is 6.17. The first-order valence-corrected chi connectivity index (χ1v) is 26.5. The van der Waals surface area contributed by atoms with Gasteiger partial charge in [-0.15, -0.1) is 12.8 Å². The number of ether oxygens (including phenoxy) is 10. The summed E-state index contributed by atoms with van der Waals surface area (Å²) in [5, 5.41) is 11.7. The smallest absolute Gasteiger partial charge is 0.312 e. The van der Waals surface area contributed by atoms with E-state index in [1.807, 2.05) is 0 Å². The summed E-state index contributed by atoms with van der Waals surface area (Å²) in [7, 11) is 10.6. The number of nitrogens with zero attached hydrogens (tertiary/aromatic N) is 3. The van der Waals surface area contributed by atoms with Gasteiger partial charge in [0.15, 0.2) is 0 Å². The average molecular weight is 1150 g/mol. The van der Waals surface area contributed by atoms with Crippen LogP contribution < -0.4 is 38.6 Å². The molecule has 27 nitrogen and oxygen atoms in total. The number of urea groups is 1. The van der Waals surface area contributed by atoms with Crippen LogP contribution in [0.15, 0.2) is 42.2 Å². The van der Waals surface area contributed by atoms with E-state index < -0.39 is 48.2 Å². The number of hydrazine groups is 1. The zero-order valence-electron chi connectivity index (χ0n) is 48.2. The Hall–Kier alpha value is -6.23. The predicted octanol–water partition coefficient (Wildman–Crippen LogP) is -0.700. The molecule has 1 atom stereocenters. The molecule has 0 bridgehead atoms. The quantitative estimate of drug-likeness (QED) is 0.00807. The van der Waals surface area contributed by atoms with E-state index in [1.54, 1.807) is 45.7 Å². The van der Waals surface area contributed by atoms with E-state index in [2.05, 4.69) is 48.0 Å². The number of nitrogens with one attached hydrogen (secondary N) is 4. The lowest BCUT2D eigenvalue weighted by Crippen LogP contribution is -2.47. The molecule has 0 aliphatic carbocycles. The van der Waals surface area contributed by atoms with Crippen LogP contribution in [0.4, 0.5) is 10.5 Å². The molecule has 28 heteroatoms. The molecule has 10 N–H and O–H groups in total. The number of carbonyl (C=O) groups excluding carboxylic acids is 7. The van der Waals surface area contributed by atoms with Crippen LogP contribution in [0.3, 0.4) is 0 Å². The molecular weight excluding hydrogens is 1060 g/mol. The van der Waals surface area contributed by atoms with Crippen molar-refractivity contribution in [3.63, 3.8) is 0 Å². The molecule has 81 heavy (non-hydrogen) atoms. The van der Waals surface area contributed by atoms with Crippen molar-refractivity contribution in [3.8, 4) is 12.8 Å². The van der Waals surface area contributed by atoms with Crippen molar-refractivity contribution in [1.82, 2.24) is 30.8 Å². The van der Waals surface area contributed by atoms with E-state index in [4.69, 9.17) is 72.5 Å². The number of primary amides is 1. The van der Waals surface area contributed by atoms with Crippen molar-refractivity contribution in [2.24, 2.45) is 17.3 Å². The molecule has 0 aromatic heterocycles. The minimum Gasteiger partial charge on any atom is -0.399 e. The van der Waals surface area contributed by atoms with Crippen LogP contribution in [0.1, 0.15) is 50.7 Å². The summed E-state index contributed by atoms with van der Waals surface area (Å²) >= 11 is 0. The summed E-state index contributed by atoms with van der Waals surface area (Å²) < 4.78 is 52.9. The van der Waals surface area contributed by atoms with Gasteiger partial charge in [-0.25, -0.2) is 10.6 Å². The first kappa shape index (κ1) is 76.8. The van der Waals surface area contributed by atoms with Gasteiger partial charge in [-0.05, 0) is 30.5 Å². The number of anilines is 1. The summed E-state index contributed by atoms with van der Waals surface area (Å²) in [5.74, 6) is 3.27. The summed E-state index contributed by atoms with van der Waals surface area (Å²) in [6.45, 7) is 13.2. The highest BCUT2D eigenvalue weighted by Crippen LogP contribution is 2.18. The number of amides is 8. The van der Waals surface area contributed by atoms with Crippen molar-refractivity contribution < 1.29 is 80.9 Å². The Bertz CT molecular complexity index is 1920. The normalized spacial score (nSPS) is 12.0. The van der Waals surface area contributed by atoms with Crippen molar-refractivity contribution in [2.75, 3.05) is 172 Å². The topological polar surface area (TPSA) is 348 Å². The minimum atomic E-state index is -1.01. The molecule has 1 aromatic carbocycles. The molecule has 0 fully saturated rings. The lowest BCUT2D eigenvalue weighted by Gasteiger charge is -2.20. The maximum atomic E-state index is 13.1. The molecule has 1 aromatic rings. The lowest BCUT2D eigenvalue weighted by molar-refractivity contribution is -0.138. The molecule has 0 unspecified atom stereocenters. The van der Waals surface area contributed by atoms with E-state index in [-0.39, 0.29) is 52.0 Å². The Morgan fingerprint density at radius 2 is 1.22 bits per heavy atom. The number of methoxy groups -OCH3 is 2. The van der Waals surface area contributed by atoms with Crippen LogP contribution in [-0.4, -0.2) is 237 Å². The molecular formula is C53H91BN10O17. The van der Waals surface area contributed by atoms with E-state index in [0.717, 1.165) is 16.0 Å². The van der Waals surface area contributed by atoms with Gasteiger partial charge in [-0.1, -0.05) is 38.2 Å². The van der Waals surface area contributed by atoms with Crippen LogP contribution in [0.25, 0.3) is 0 Å². The number of terminal acetylenes is 1. The highest BCUT2D eigenvalue weighted by Gasteiger charge is 2.23. The second-order valence-electron chi connectivity index (χ2n) is 16.9. The van der Waals surface area contributed by atoms with E-state index in [1.165, 1.54) is 28.5 Å². The number of rotatable bonds is 46. The van der Waals surface area contributed by atoms with Crippen LogP contribution >= 0.6 is 0 Å². The highest BCUT2D eigenvalue weighted by molar-refractivity contribution is 6.12. The second-order valence-corrected chi connectivity index (χ2v) is 16.9. The monoisotopic (exact) mass is 1150 g/mol. The Morgan fingerprint density at radius 3 is 1.70 bits per heavy atom. The fraction of sp³-hybridized carbons (Fsp3) is 0.642. The van der Waals surface area contributed by atoms with Gasteiger partial charge >= 0.3 is 6.03 Å². The molecule has 8 amide bonds. The van der Waals surface area contributed by atoms with Crippen LogP contribution in [0, 0.1) is 12.8 Å². The van der Waals surface area contributed by atoms with Crippen molar-refractivity contribution >= 4 is 55.5 Å². The number of nitrogens with two attached hydrogens (primary N) is 3. The van der Waals surface area contributed by atoms with Gasteiger partial charge in [-0.2, -0.15) is 0 Å². The third-order valence-electron chi connectivity index (χ3n) is 9.99. The van der Waals surface area contributed by atoms with Crippen LogP contribution in [0.5, 0.6) is 0 Å². The zero-order valence-corrected chi connectivity index (χ0v) is 48.2. The minimum absolute atomic E-state index is 0.00255. The summed E-state index contributed by atoms with van der Waals surface area (Å²) in [4.78, 5) is 85.3. The molecule has 1 aliphatic heterocycles. The number of benzene rings is 1. The molecule has 2 rings (SSSR count). The van der Waals surface area contributed by atoms with E-state index in [0.29, 0.717) is 136 Å². The Morgan fingerprint density at radius 1 is 0.716 bits per heavy atom. The number of hydrogen-bond acceptors (Lipinski definition) is 20. The SMILES string of the molecule is C#C.CCC.COCCOCCOCCOCCOCCOCCOCCOCCN(N)/C=C(\N)COC.[B]Cc1ccc(NC(=O)[C@H](CCCNC(N)=O)NC(=O)CNC(=O)CCOCCN2C(=O)C=CC2=O)cc1CN(C)C=O. The average Bonchev–Trinajstić information content (AvgIpc) is 3.78. The van der Waals surface area contributed by atoms with Gasteiger partial charge in [0.05, 0.1) is 152 Å². The standard InChI is InChI=1S/C27H36BN7O8.C21H45N3O9.C3H8.C2H2/c1-34(17-36)16-19-13-20(5-4-18(19)14-28)32-26(41)21(3-2-9-30-27(29)42)33-23(38)15-31-22(37)8-11-43-12-10-35-24(39)6-7-25(35)40;1-25-5-6-28-9-10-30-13-14-32-17-18-33-16-15-31-12-11-29-8-7-27-4-3-24(23)19-21(22)20-26-2;1-3-2;1-2/h4-7,13,17,21H,2-3,8-12,14-16H2,1H3,(H,31,37)(H,32,41)(H,33,38)(H3,29,30,42);19H,3-18,20,22-23H2,1-2H3;3H2,1-2H3;1-2H/b;21-19-;;/t21-;;;/m0.../s1. The summed E-state index contributed by atoms with van der Waals surface area (Å²) in [6, 6.07) is 3.34. The molecule has 1 aliphatic rings. The molecule has 458 valence electrons. The Kier molecular flexibility index (Phi) is 51.6. The number of hydrogen-bond donors (Lipinski definition) is 7. The van der Waals surface area contributed by atoms with Crippen LogP contribution in [-0.2, 0) is 89.0 Å². The molecule has 0 saturated heterocycles. The number of carbonyl (C=O) groups is 7. The van der Waals surface area contributed by atoms with E-state index >= 15 is 0 Å². The fourth-order valence-electron chi connectivity index (χ4n) is 6.17. The molecule has 0 saturated carbocycles. The van der Waals surface area contributed by atoms with Gasteiger partial charge in [0.1, 0.15) is 6.04 Å². The predicted molar refractivity (Wildman–Crippen MR) is 304 cm³/mol. The Balaban J connectivity index is 0. The van der Waals surface area contributed by atoms with Gasteiger partial charge in [-0.3, -0.25) is 33.7 Å². The molecule has 2 radical (unpaired) electrons. The summed E-state index contributed by atoms with van der Waals surface area (Å²) in [5.41, 5.74) is 13.3. The van der Waals surface area contributed by atoms with E-state index in [9.17, 15) is 33.6 Å². The largest absolute Gasteiger partial charge is 0.399 e. The van der Waals surface area contributed by atoms with Crippen molar-refractivity contribution in [1.29, 1.82) is 0 Å². The maximum Gasteiger partial charge on any atom is 0.312 e. The molecule has 1 heterocycles. The third kappa shape index (κ3) is 45.1. The maximum absolute atomic E-state index is 13.1. The van der Waals surface area contributed by atoms with Crippen molar-refractivity contribution in [2.45, 2.75) is 58.4 Å². The van der Waals surface area contributed by atoms with Gasteiger partial charge < -0.3 is 90.0 Å². The van der Waals surface area contributed by atoms with Crippen LogP contribution in [0.2, 0.25) is 0 Å². The van der Waals surface area contributed by atoms with Crippen molar-refractivity contribution in [3.05, 3.63) is 53.4 Å². The molecule has 0 spiro atoms. The third-order valence-corrected chi connectivity index (χ3v) is 9.99. The first-order valence-electron chi connectivity index (χ1n) is 26.5. The first-order chi connectivity index (χ1) is 39.1. The highest BCUT2D eigenvalue weighted by atomic mass is 16.6. The number of imide groups is 1. The Labute approximate surface area is 479 Å². The zero-order chi connectivity index (χ0) is 60.7. The van der Waals surface area contributed by atoms with Gasteiger partial charge in [0.25, 0.3) is 11.8 Å². The van der Waals surface area contributed by atoms with Gasteiger partial charge in [0, 0.05) is 64.8 Å². The summed E-state index contributed by atoms with van der Waals surface area (Å²) in [6.07, 6.45) is 14.5. The van der Waals surface area contributed by atoms with Gasteiger partial charge in [0.2, 0.25) is 24.1 Å². The second kappa shape index (κ2) is 54.4. The lowest BCUT2D eigenvalue weighted by atomic mass is 9.92.